The number of aryl methyl sites for hydroxylation is 1. The van der Waals surface area contributed by atoms with Gasteiger partial charge in [0.2, 0.25) is 5.91 Å². The molecule has 0 aliphatic heterocycles. The van der Waals surface area contributed by atoms with E-state index in [0.29, 0.717) is 12.2 Å². The van der Waals surface area contributed by atoms with Crippen molar-refractivity contribution in [2.75, 3.05) is 11.9 Å². The summed E-state index contributed by atoms with van der Waals surface area (Å²) < 4.78 is 4.89. The van der Waals surface area contributed by atoms with Crippen molar-refractivity contribution >= 4 is 23.5 Å². The van der Waals surface area contributed by atoms with Gasteiger partial charge >= 0.3 is 5.97 Å². The van der Waals surface area contributed by atoms with E-state index < -0.39 is 11.9 Å². The Labute approximate surface area is 152 Å². The third-order valence-electron chi connectivity index (χ3n) is 3.55. The molecule has 0 heterocycles. The third kappa shape index (κ3) is 7.17. The van der Waals surface area contributed by atoms with Crippen molar-refractivity contribution in [2.24, 2.45) is 0 Å². The fraction of sp³-hybridized carbons (Fsp3) is 0.250. The van der Waals surface area contributed by atoms with Gasteiger partial charge in [0.25, 0.3) is 5.91 Å². The molecule has 0 radical (unpaired) electrons. The molecule has 0 atom stereocenters. The Morgan fingerprint density at radius 1 is 0.923 bits per heavy atom. The van der Waals surface area contributed by atoms with Crippen LogP contribution in [0.5, 0.6) is 0 Å². The maximum absolute atomic E-state index is 11.8. The summed E-state index contributed by atoms with van der Waals surface area (Å²) in [6.45, 7) is 1.95. The fourth-order valence-corrected chi connectivity index (χ4v) is 2.24. The molecule has 6 heteroatoms. The number of esters is 1. The van der Waals surface area contributed by atoms with Gasteiger partial charge in [0.05, 0.1) is 6.42 Å². The zero-order chi connectivity index (χ0) is 18.8. The van der Waals surface area contributed by atoms with Crippen LogP contribution in [0.4, 0.5) is 5.69 Å². The number of ether oxygens (including phenoxy) is 1. The minimum Gasteiger partial charge on any atom is -0.456 e. The quantitative estimate of drug-likeness (QED) is 0.714. The molecule has 0 saturated carbocycles. The number of nitrogens with one attached hydrogen (secondary N) is 2. The number of carbonyl (C=O) groups is 3. The monoisotopic (exact) mass is 354 g/mol. The van der Waals surface area contributed by atoms with Crippen LogP contribution in [0.2, 0.25) is 0 Å². The van der Waals surface area contributed by atoms with Gasteiger partial charge in [-0.3, -0.25) is 14.4 Å². The number of rotatable bonds is 8. The van der Waals surface area contributed by atoms with Crippen molar-refractivity contribution in [3.63, 3.8) is 0 Å². The molecular weight excluding hydrogens is 332 g/mol. The smallest absolute Gasteiger partial charge is 0.306 e. The number of anilines is 1. The van der Waals surface area contributed by atoms with Gasteiger partial charge in [-0.15, -0.1) is 0 Å². The van der Waals surface area contributed by atoms with Gasteiger partial charge in [-0.05, 0) is 30.2 Å². The SMILES string of the molecule is Cc1cccc(NC(=O)COC(=O)CCC(=O)NCc2ccccc2)c1. The zero-order valence-electron chi connectivity index (χ0n) is 14.7. The second kappa shape index (κ2) is 9.98. The molecule has 136 valence electrons. The summed E-state index contributed by atoms with van der Waals surface area (Å²) in [6.07, 6.45) is -0.0521. The molecule has 0 aromatic heterocycles. The van der Waals surface area contributed by atoms with E-state index in [4.69, 9.17) is 4.74 Å². The highest BCUT2D eigenvalue weighted by Crippen LogP contribution is 2.09. The van der Waals surface area contributed by atoms with Crippen LogP contribution < -0.4 is 10.6 Å². The van der Waals surface area contributed by atoms with Crippen molar-refractivity contribution in [2.45, 2.75) is 26.3 Å². The Hall–Kier alpha value is -3.15. The van der Waals surface area contributed by atoms with Gasteiger partial charge in [0, 0.05) is 18.7 Å². The van der Waals surface area contributed by atoms with Gasteiger partial charge in [-0.1, -0.05) is 42.5 Å². The number of hydrogen-bond acceptors (Lipinski definition) is 4. The van der Waals surface area contributed by atoms with Crippen molar-refractivity contribution in [1.82, 2.24) is 5.32 Å². The highest BCUT2D eigenvalue weighted by molar-refractivity contribution is 5.93. The van der Waals surface area contributed by atoms with E-state index in [-0.39, 0.29) is 25.4 Å². The first-order valence-electron chi connectivity index (χ1n) is 8.35. The van der Waals surface area contributed by atoms with Crippen LogP contribution in [-0.4, -0.2) is 24.4 Å². The van der Waals surface area contributed by atoms with E-state index >= 15 is 0 Å². The van der Waals surface area contributed by atoms with E-state index in [9.17, 15) is 14.4 Å². The highest BCUT2D eigenvalue weighted by atomic mass is 16.5. The minimum atomic E-state index is -0.584. The van der Waals surface area contributed by atoms with Crippen molar-refractivity contribution in [3.8, 4) is 0 Å². The average molecular weight is 354 g/mol. The van der Waals surface area contributed by atoms with E-state index in [0.717, 1.165) is 11.1 Å². The van der Waals surface area contributed by atoms with Gasteiger partial charge in [-0.2, -0.15) is 0 Å². The first-order valence-corrected chi connectivity index (χ1v) is 8.35. The molecule has 0 aliphatic rings. The Bertz CT molecular complexity index is 759. The Morgan fingerprint density at radius 3 is 2.42 bits per heavy atom. The predicted octanol–water partition coefficient (Wildman–Crippen LogP) is 2.57. The molecule has 2 rings (SSSR count). The standard InChI is InChI=1S/C20H22N2O4/c1-15-6-5-9-17(12-15)22-19(24)14-26-20(25)11-10-18(23)21-13-16-7-3-2-4-8-16/h2-9,12H,10-11,13-14H2,1H3,(H,21,23)(H,22,24). The topological polar surface area (TPSA) is 84.5 Å². The minimum absolute atomic E-state index is 0.0190. The first-order chi connectivity index (χ1) is 12.5. The summed E-state index contributed by atoms with van der Waals surface area (Å²) in [7, 11) is 0. The summed E-state index contributed by atoms with van der Waals surface area (Å²) in [6, 6.07) is 16.8. The molecule has 2 aromatic carbocycles. The highest BCUT2D eigenvalue weighted by Gasteiger charge is 2.10. The molecule has 0 fully saturated rings. The van der Waals surface area contributed by atoms with Crippen LogP contribution in [-0.2, 0) is 25.7 Å². The van der Waals surface area contributed by atoms with Crippen LogP contribution in [0.25, 0.3) is 0 Å². The molecular formula is C20H22N2O4. The maximum atomic E-state index is 11.8. The number of carbonyl (C=O) groups excluding carboxylic acids is 3. The zero-order valence-corrected chi connectivity index (χ0v) is 14.7. The number of amides is 2. The maximum Gasteiger partial charge on any atom is 0.306 e. The summed E-state index contributed by atoms with van der Waals surface area (Å²) in [5, 5.41) is 5.38. The average Bonchev–Trinajstić information content (AvgIpc) is 2.64. The fourth-order valence-electron chi connectivity index (χ4n) is 2.24. The second-order valence-corrected chi connectivity index (χ2v) is 5.84. The van der Waals surface area contributed by atoms with Crippen LogP contribution in [0.3, 0.4) is 0 Å². The molecule has 0 unspecified atom stereocenters. The Balaban J connectivity index is 1.62. The molecule has 0 bridgehead atoms. The molecule has 6 nitrogen and oxygen atoms in total. The lowest BCUT2D eigenvalue weighted by Crippen LogP contribution is -2.25. The van der Waals surface area contributed by atoms with Gasteiger partial charge < -0.3 is 15.4 Å². The van der Waals surface area contributed by atoms with Gasteiger partial charge in [0.1, 0.15) is 0 Å². The largest absolute Gasteiger partial charge is 0.456 e. The Morgan fingerprint density at radius 2 is 1.69 bits per heavy atom. The van der Waals surface area contributed by atoms with Crippen LogP contribution in [0, 0.1) is 6.92 Å². The summed E-state index contributed by atoms with van der Waals surface area (Å²) in [5.74, 6) is -1.24. The lowest BCUT2D eigenvalue weighted by molar-refractivity contribution is -0.148. The summed E-state index contributed by atoms with van der Waals surface area (Å²) in [5.41, 5.74) is 2.64. The van der Waals surface area contributed by atoms with Crippen LogP contribution in [0.15, 0.2) is 54.6 Å². The normalized spacial score (nSPS) is 10.0. The molecule has 0 saturated heterocycles. The molecule has 0 aliphatic carbocycles. The van der Waals surface area contributed by atoms with E-state index in [1.165, 1.54) is 0 Å². The number of hydrogen-bond donors (Lipinski definition) is 2. The van der Waals surface area contributed by atoms with E-state index in [1.54, 1.807) is 6.07 Å². The molecule has 2 N–H and O–H groups in total. The summed E-state index contributed by atoms with van der Waals surface area (Å²) in [4.78, 5) is 35.1. The third-order valence-corrected chi connectivity index (χ3v) is 3.55. The van der Waals surface area contributed by atoms with E-state index in [2.05, 4.69) is 10.6 Å². The van der Waals surface area contributed by atoms with Crippen LogP contribution >= 0.6 is 0 Å². The first kappa shape index (κ1) is 19.2. The van der Waals surface area contributed by atoms with Crippen molar-refractivity contribution < 1.29 is 19.1 Å². The van der Waals surface area contributed by atoms with Gasteiger partial charge in [-0.25, -0.2) is 0 Å². The molecule has 2 aromatic rings. The van der Waals surface area contributed by atoms with Crippen LogP contribution in [0.1, 0.15) is 24.0 Å². The Kier molecular flexibility index (Phi) is 7.36. The second-order valence-electron chi connectivity index (χ2n) is 5.84. The lowest BCUT2D eigenvalue weighted by Gasteiger charge is -2.08. The summed E-state index contributed by atoms with van der Waals surface area (Å²) >= 11 is 0. The number of benzene rings is 2. The molecule has 26 heavy (non-hydrogen) atoms. The molecule has 0 spiro atoms. The van der Waals surface area contributed by atoms with Gasteiger partial charge in [0.15, 0.2) is 6.61 Å². The van der Waals surface area contributed by atoms with Crippen molar-refractivity contribution in [1.29, 1.82) is 0 Å². The molecule has 2 amide bonds. The predicted molar refractivity (Wildman–Crippen MR) is 98.3 cm³/mol. The van der Waals surface area contributed by atoms with E-state index in [1.807, 2.05) is 55.5 Å². The lowest BCUT2D eigenvalue weighted by atomic mass is 10.2. The van der Waals surface area contributed by atoms with Crippen molar-refractivity contribution in [3.05, 3.63) is 65.7 Å².